The summed E-state index contributed by atoms with van der Waals surface area (Å²) in [4.78, 5) is 35.0. The molecule has 1 unspecified atom stereocenters. The Morgan fingerprint density at radius 1 is 1.37 bits per heavy atom. The summed E-state index contributed by atoms with van der Waals surface area (Å²) in [5, 5.41) is 26.5. The van der Waals surface area contributed by atoms with Gasteiger partial charge in [0.15, 0.2) is 5.75 Å². The van der Waals surface area contributed by atoms with Crippen LogP contribution in [0.4, 0.5) is 10.5 Å². The lowest BCUT2D eigenvalue weighted by Gasteiger charge is -2.29. The van der Waals surface area contributed by atoms with E-state index < -0.39 is 34.4 Å². The average Bonchev–Trinajstić information content (AvgIpc) is 2.62. The third kappa shape index (κ3) is 4.10. The van der Waals surface area contributed by atoms with Gasteiger partial charge in [-0.1, -0.05) is 13.3 Å². The second kappa shape index (κ2) is 8.39. The van der Waals surface area contributed by atoms with Crippen molar-refractivity contribution in [1.29, 1.82) is 0 Å². The van der Waals surface area contributed by atoms with Crippen molar-refractivity contribution in [3.05, 3.63) is 39.1 Å². The summed E-state index contributed by atoms with van der Waals surface area (Å²) >= 11 is 0. The molecule has 2 amide bonds. The van der Waals surface area contributed by atoms with Crippen LogP contribution in [0.25, 0.3) is 0 Å². The molecule has 10 heteroatoms. The molecule has 0 radical (unpaired) electrons. The fraction of sp³-hybridized carbons (Fsp3) is 0.412. The minimum atomic E-state index is -0.994. The second-order valence-corrected chi connectivity index (χ2v) is 5.74. The van der Waals surface area contributed by atoms with Gasteiger partial charge >= 0.3 is 17.7 Å². The molecule has 1 atom stereocenters. The SMILES string of the molecule is CCCC1=C(C(=O)OC)C(c2cc(OCC)c(O)c([N+](=O)[O-])c2)NC(=O)N1. The summed E-state index contributed by atoms with van der Waals surface area (Å²) in [5.41, 5.74) is 0.143. The molecule has 0 saturated heterocycles. The van der Waals surface area contributed by atoms with Crippen LogP contribution in [-0.4, -0.2) is 35.7 Å². The summed E-state index contributed by atoms with van der Waals surface area (Å²) in [6.07, 6.45) is 1.07. The predicted octanol–water partition coefficient (Wildman–Crippen LogP) is 2.28. The zero-order valence-corrected chi connectivity index (χ0v) is 15.2. The number of nitro benzene ring substituents is 1. The largest absolute Gasteiger partial charge is 0.500 e. The van der Waals surface area contributed by atoms with Crippen LogP contribution in [0.15, 0.2) is 23.4 Å². The maximum absolute atomic E-state index is 12.4. The summed E-state index contributed by atoms with van der Waals surface area (Å²) < 4.78 is 10.1. The molecule has 3 N–H and O–H groups in total. The van der Waals surface area contributed by atoms with E-state index in [0.29, 0.717) is 18.5 Å². The highest BCUT2D eigenvalue weighted by Crippen LogP contribution is 2.41. The van der Waals surface area contributed by atoms with Crippen molar-refractivity contribution in [2.24, 2.45) is 0 Å². The molecular formula is C17H21N3O7. The molecule has 27 heavy (non-hydrogen) atoms. The maximum Gasteiger partial charge on any atom is 0.337 e. The molecule has 0 spiro atoms. The third-order valence-electron chi connectivity index (χ3n) is 3.97. The first-order valence-corrected chi connectivity index (χ1v) is 8.36. The van der Waals surface area contributed by atoms with E-state index in [4.69, 9.17) is 9.47 Å². The number of hydrogen-bond donors (Lipinski definition) is 3. The molecule has 146 valence electrons. The van der Waals surface area contributed by atoms with E-state index in [9.17, 15) is 24.8 Å². The minimum Gasteiger partial charge on any atom is -0.500 e. The number of nitrogens with one attached hydrogen (secondary N) is 2. The Kier molecular flexibility index (Phi) is 6.22. The Balaban J connectivity index is 2.68. The number of ether oxygens (including phenoxy) is 2. The second-order valence-electron chi connectivity index (χ2n) is 5.74. The van der Waals surface area contributed by atoms with Gasteiger partial charge in [0.25, 0.3) is 0 Å². The van der Waals surface area contributed by atoms with Gasteiger partial charge in [0.1, 0.15) is 0 Å². The Labute approximate surface area is 155 Å². The van der Waals surface area contributed by atoms with Gasteiger partial charge in [-0.25, -0.2) is 9.59 Å². The average molecular weight is 379 g/mol. The highest BCUT2D eigenvalue weighted by Gasteiger charge is 2.35. The first-order chi connectivity index (χ1) is 12.8. The number of phenols is 1. The summed E-state index contributed by atoms with van der Waals surface area (Å²) in [5.74, 6) is -1.41. The molecule has 2 rings (SSSR count). The van der Waals surface area contributed by atoms with Crippen LogP contribution in [0.5, 0.6) is 11.5 Å². The topological polar surface area (TPSA) is 140 Å². The molecule has 10 nitrogen and oxygen atoms in total. The van der Waals surface area contributed by atoms with Crippen molar-refractivity contribution in [1.82, 2.24) is 10.6 Å². The van der Waals surface area contributed by atoms with E-state index in [1.807, 2.05) is 6.92 Å². The fourth-order valence-electron chi connectivity index (χ4n) is 2.85. The molecule has 0 saturated carbocycles. The lowest BCUT2D eigenvalue weighted by Crippen LogP contribution is -2.45. The number of benzene rings is 1. The van der Waals surface area contributed by atoms with Gasteiger partial charge in [0.2, 0.25) is 5.75 Å². The third-order valence-corrected chi connectivity index (χ3v) is 3.97. The zero-order chi connectivity index (χ0) is 20.1. The number of methoxy groups -OCH3 is 1. The number of hydrogen-bond acceptors (Lipinski definition) is 7. The lowest BCUT2D eigenvalue weighted by molar-refractivity contribution is -0.386. The number of nitrogens with zero attached hydrogens (tertiary/aromatic N) is 1. The van der Waals surface area contributed by atoms with Crippen LogP contribution in [0.3, 0.4) is 0 Å². The molecule has 0 fully saturated rings. The number of allylic oxidation sites excluding steroid dienone is 1. The van der Waals surface area contributed by atoms with Crippen LogP contribution in [0, 0.1) is 10.1 Å². The van der Waals surface area contributed by atoms with Crippen molar-refractivity contribution in [2.45, 2.75) is 32.7 Å². The molecule has 0 bridgehead atoms. The summed E-state index contributed by atoms with van der Waals surface area (Å²) in [6, 6.07) is 0.908. The van der Waals surface area contributed by atoms with Gasteiger partial charge in [0.05, 0.1) is 30.3 Å². The van der Waals surface area contributed by atoms with Gasteiger partial charge in [-0.3, -0.25) is 10.1 Å². The van der Waals surface area contributed by atoms with Crippen molar-refractivity contribution in [3.8, 4) is 11.5 Å². The van der Waals surface area contributed by atoms with E-state index in [2.05, 4.69) is 10.6 Å². The molecule has 0 aliphatic carbocycles. The van der Waals surface area contributed by atoms with Crippen molar-refractivity contribution >= 4 is 17.7 Å². The fourth-order valence-corrected chi connectivity index (χ4v) is 2.85. The smallest absolute Gasteiger partial charge is 0.337 e. The van der Waals surface area contributed by atoms with Gasteiger partial charge in [-0.2, -0.15) is 0 Å². The number of phenolic OH excluding ortho intramolecular Hbond substituents is 1. The van der Waals surface area contributed by atoms with E-state index in [0.717, 1.165) is 6.07 Å². The van der Waals surface area contributed by atoms with E-state index in [-0.39, 0.29) is 23.5 Å². The highest BCUT2D eigenvalue weighted by atomic mass is 16.6. The Hall–Kier alpha value is -3.30. The van der Waals surface area contributed by atoms with Crippen LogP contribution in [0.2, 0.25) is 0 Å². The van der Waals surface area contributed by atoms with Crippen molar-refractivity contribution < 1.29 is 29.1 Å². The summed E-state index contributed by atoms with van der Waals surface area (Å²) in [7, 11) is 1.21. The Bertz CT molecular complexity index is 804. The van der Waals surface area contributed by atoms with Gasteiger partial charge in [-0.15, -0.1) is 0 Å². The number of amides is 2. The van der Waals surface area contributed by atoms with Gasteiger partial charge in [-0.05, 0) is 25.0 Å². The number of nitro groups is 1. The first kappa shape index (κ1) is 20.0. The normalized spacial score (nSPS) is 16.4. The van der Waals surface area contributed by atoms with Crippen LogP contribution in [0.1, 0.15) is 38.3 Å². The standard InChI is InChI=1S/C17H21N3O7/c1-4-6-10-13(16(22)26-3)14(19-17(23)18-10)9-7-11(20(24)25)15(21)12(8-9)27-5-2/h7-8,14,21H,4-6H2,1-3H3,(H2,18,19,23). The molecule has 1 aromatic rings. The first-order valence-electron chi connectivity index (χ1n) is 8.36. The zero-order valence-electron chi connectivity index (χ0n) is 15.2. The van der Waals surface area contributed by atoms with Crippen molar-refractivity contribution in [2.75, 3.05) is 13.7 Å². The molecule has 1 aromatic carbocycles. The predicted molar refractivity (Wildman–Crippen MR) is 94.3 cm³/mol. The lowest BCUT2D eigenvalue weighted by atomic mass is 9.93. The Morgan fingerprint density at radius 3 is 2.63 bits per heavy atom. The summed E-state index contributed by atoms with van der Waals surface area (Å²) in [6.45, 7) is 3.70. The molecular weight excluding hydrogens is 358 g/mol. The number of rotatable bonds is 7. The monoisotopic (exact) mass is 379 g/mol. The van der Waals surface area contributed by atoms with Gasteiger partial charge < -0.3 is 25.2 Å². The molecule has 0 aromatic heterocycles. The molecule has 1 aliphatic heterocycles. The number of carbonyl (C=O) groups is 2. The number of aromatic hydroxyl groups is 1. The van der Waals surface area contributed by atoms with Crippen LogP contribution < -0.4 is 15.4 Å². The quantitative estimate of drug-likeness (QED) is 0.375. The van der Waals surface area contributed by atoms with Crippen LogP contribution in [-0.2, 0) is 9.53 Å². The highest BCUT2D eigenvalue weighted by molar-refractivity contribution is 5.95. The van der Waals surface area contributed by atoms with E-state index >= 15 is 0 Å². The van der Waals surface area contributed by atoms with E-state index in [1.165, 1.54) is 13.2 Å². The number of urea groups is 1. The van der Waals surface area contributed by atoms with Crippen LogP contribution >= 0.6 is 0 Å². The minimum absolute atomic E-state index is 0.115. The molecule has 1 aliphatic rings. The molecule has 1 heterocycles. The maximum atomic E-state index is 12.4. The van der Waals surface area contributed by atoms with E-state index in [1.54, 1.807) is 6.92 Å². The number of carbonyl (C=O) groups excluding carboxylic acids is 2. The Morgan fingerprint density at radius 2 is 2.07 bits per heavy atom. The van der Waals surface area contributed by atoms with Gasteiger partial charge in [0, 0.05) is 11.8 Å². The van der Waals surface area contributed by atoms with Crippen molar-refractivity contribution in [3.63, 3.8) is 0 Å². The number of esters is 1.